The summed E-state index contributed by atoms with van der Waals surface area (Å²) in [5, 5.41) is 18.6. The number of esters is 1. The Labute approximate surface area is 295 Å². The molecule has 10 nitrogen and oxygen atoms in total. The Morgan fingerprint density at radius 1 is 1.00 bits per heavy atom. The number of nitrogens with zero attached hydrogens (tertiary/aromatic N) is 4. The first kappa shape index (κ1) is 35.0. The van der Waals surface area contributed by atoms with Gasteiger partial charge in [0, 0.05) is 18.0 Å². The van der Waals surface area contributed by atoms with Crippen molar-refractivity contribution in [2.24, 2.45) is 51.2 Å². The van der Waals surface area contributed by atoms with Crippen molar-refractivity contribution >= 4 is 17.7 Å². The molecule has 0 spiro atoms. The molecule has 2 aromatic heterocycles. The number of allylic oxidation sites excluding steroid dienone is 2. The van der Waals surface area contributed by atoms with E-state index in [4.69, 9.17) is 9.15 Å². The number of carboxylic acids is 1. The predicted octanol–water partition coefficient (Wildman–Crippen LogP) is 7.78. The molecule has 0 amide bonds. The van der Waals surface area contributed by atoms with Crippen molar-refractivity contribution in [3.63, 3.8) is 0 Å². The summed E-state index contributed by atoms with van der Waals surface area (Å²) >= 11 is 0. The van der Waals surface area contributed by atoms with E-state index >= 15 is 0 Å². The van der Waals surface area contributed by atoms with E-state index in [0.29, 0.717) is 41.6 Å². The van der Waals surface area contributed by atoms with Gasteiger partial charge in [0.25, 0.3) is 5.89 Å². The van der Waals surface area contributed by atoms with Gasteiger partial charge in [-0.3, -0.25) is 14.4 Å². The highest BCUT2D eigenvalue weighted by Gasteiger charge is 2.67. The number of hydrogen-bond donors (Lipinski definition) is 1. The van der Waals surface area contributed by atoms with Gasteiger partial charge < -0.3 is 14.3 Å². The van der Waals surface area contributed by atoms with Crippen LogP contribution in [0.15, 0.2) is 34.2 Å². The van der Waals surface area contributed by atoms with Crippen molar-refractivity contribution in [3.05, 3.63) is 35.6 Å². The molecule has 8 atom stereocenters. The molecule has 7 rings (SSSR count). The van der Waals surface area contributed by atoms with Gasteiger partial charge in [0.05, 0.1) is 17.3 Å². The number of carboxylic acid groups (broad SMARTS) is 1. The van der Waals surface area contributed by atoms with Crippen molar-refractivity contribution in [3.8, 4) is 11.6 Å². The van der Waals surface area contributed by atoms with Crippen LogP contribution < -0.4 is 0 Å². The summed E-state index contributed by atoms with van der Waals surface area (Å²) in [5.74, 6) is 1.46. The predicted molar refractivity (Wildman–Crippen MR) is 185 cm³/mol. The molecule has 50 heavy (non-hydrogen) atoms. The quantitative estimate of drug-likeness (QED) is 0.287. The van der Waals surface area contributed by atoms with Crippen molar-refractivity contribution in [1.82, 2.24) is 20.2 Å². The third-order valence-electron chi connectivity index (χ3n) is 14.6. The SMILES string of the molecule is CC(C)C1=C2C3CCC4C(C)(CCC5C(C)(C)C(OC(=O)CC(C)(C)C(=O)O)CCC54C)C3CCC2(c2nnc(-c3ccncn3)o2)CC1=O. The van der Waals surface area contributed by atoms with E-state index in [1.54, 1.807) is 26.1 Å². The zero-order valence-electron chi connectivity index (χ0n) is 31.0. The number of hydrogen-bond acceptors (Lipinski definition) is 9. The van der Waals surface area contributed by atoms with E-state index < -0.39 is 22.8 Å². The van der Waals surface area contributed by atoms with Gasteiger partial charge in [-0.1, -0.05) is 41.5 Å². The van der Waals surface area contributed by atoms with Gasteiger partial charge >= 0.3 is 11.9 Å². The Morgan fingerprint density at radius 2 is 1.74 bits per heavy atom. The number of ketones is 1. The monoisotopic (exact) mass is 686 g/mol. The molecule has 270 valence electrons. The smallest absolute Gasteiger partial charge is 0.309 e. The van der Waals surface area contributed by atoms with Crippen LogP contribution in [-0.2, 0) is 24.5 Å². The number of aromatic nitrogens is 4. The largest absolute Gasteiger partial charge is 0.481 e. The second-order valence-electron chi connectivity index (χ2n) is 18.4. The molecule has 0 bridgehead atoms. The Bertz CT molecular complexity index is 1730. The fourth-order valence-electron chi connectivity index (χ4n) is 12.3. The lowest BCUT2D eigenvalue weighted by atomic mass is 9.36. The van der Waals surface area contributed by atoms with E-state index in [0.717, 1.165) is 56.9 Å². The molecule has 5 aliphatic carbocycles. The first-order valence-electron chi connectivity index (χ1n) is 18.8. The summed E-state index contributed by atoms with van der Waals surface area (Å²) in [6.45, 7) is 17.0. The van der Waals surface area contributed by atoms with Gasteiger partial charge in [-0.25, -0.2) is 9.97 Å². The first-order chi connectivity index (χ1) is 23.5. The van der Waals surface area contributed by atoms with Crippen LogP contribution in [0.3, 0.4) is 0 Å². The van der Waals surface area contributed by atoms with E-state index in [1.165, 1.54) is 11.9 Å². The molecule has 0 radical (unpaired) electrons. The van der Waals surface area contributed by atoms with Crippen LogP contribution >= 0.6 is 0 Å². The number of ether oxygens (including phenoxy) is 1. The number of rotatable bonds is 7. The molecule has 4 saturated carbocycles. The van der Waals surface area contributed by atoms with E-state index in [1.807, 2.05) is 0 Å². The van der Waals surface area contributed by atoms with Gasteiger partial charge in [0.2, 0.25) is 5.89 Å². The molecule has 5 aliphatic rings. The summed E-state index contributed by atoms with van der Waals surface area (Å²) < 4.78 is 12.6. The Hall–Kier alpha value is -3.43. The summed E-state index contributed by atoms with van der Waals surface area (Å²) in [6, 6.07) is 1.76. The second-order valence-corrected chi connectivity index (χ2v) is 18.4. The fourth-order valence-corrected chi connectivity index (χ4v) is 12.3. The van der Waals surface area contributed by atoms with Crippen molar-refractivity contribution in [2.45, 2.75) is 131 Å². The first-order valence-corrected chi connectivity index (χ1v) is 18.8. The van der Waals surface area contributed by atoms with Gasteiger partial charge in [-0.2, -0.15) is 0 Å². The Kier molecular flexibility index (Phi) is 8.26. The lowest BCUT2D eigenvalue weighted by molar-refractivity contribution is -0.213. The van der Waals surface area contributed by atoms with Crippen LogP contribution in [0.2, 0.25) is 0 Å². The highest BCUT2D eigenvalue weighted by Crippen LogP contribution is 2.73. The standard InChI is InChI=1S/C40H54N4O6/c1-22(2)31-26(45)19-40(34-44-43-33(50-34)25-14-18-41-21-42-25)17-11-24-23(32(31)40)9-10-28-38(24,7)15-12-27-37(5,6)29(13-16-39(27,28)8)49-30(46)20-36(3,4)35(47)48/h14,18,21-24,27-29H,9-13,15-17,19-20H2,1-8H3,(H,47,48). The average molecular weight is 687 g/mol. The second kappa shape index (κ2) is 11.8. The molecule has 0 aromatic carbocycles. The normalized spacial score (nSPS) is 36.3. The number of fused-ring (bicyclic) bond motifs is 7. The maximum atomic E-state index is 14.0. The Morgan fingerprint density at radius 3 is 2.42 bits per heavy atom. The van der Waals surface area contributed by atoms with Crippen LogP contribution in [0.1, 0.15) is 125 Å². The zero-order valence-corrected chi connectivity index (χ0v) is 31.0. The van der Waals surface area contributed by atoms with Crippen LogP contribution in [0, 0.1) is 51.2 Å². The van der Waals surface area contributed by atoms with Gasteiger partial charge in [0.1, 0.15) is 18.1 Å². The lowest BCUT2D eigenvalue weighted by Crippen LogP contribution is -2.63. The third-order valence-corrected chi connectivity index (χ3v) is 14.6. The fraction of sp³-hybridized carbons (Fsp3) is 0.725. The van der Waals surface area contributed by atoms with Gasteiger partial charge in [0.15, 0.2) is 5.78 Å². The maximum Gasteiger partial charge on any atom is 0.309 e. The molecular formula is C40H54N4O6. The number of carbonyl (C=O) groups is 3. The zero-order chi connectivity index (χ0) is 36.0. The van der Waals surface area contributed by atoms with Crippen LogP contribution in [-0.4, -0.2) is 49.1 Å². The summed E-state index contributed by atoms with van der Waals surface area (Å²) in [7, 11) is 0. The van der Waals surface area contributed by atoms with Crippen molar-refractivity contribution in [2.75, 3.05) is 0 Å². The highest BCUT2D eigenvalue weighted by atomic mass is 16.5. The highest BCUT2D eigenvalue weighted by molar-refractivity contribution is 6.01. The summed E-state index contributed by atoms with van der Waals surface area (Å²) in [4.78, 5) is 47.1. The van der Waals surface area contributed by atoms with Crippen LogP contribution in [0.5, 0.6) is 0 Å². The van der Waals surface area contributed by atoms with E-state index in [9.17, 15) is 19.5 Å². The molecule has 4 fully saturated rings. The summed E-state index contributed by atoms with van der Waals surface area (Å²) in [5.41, 5.74) is 1.06. The van der Waals surface area contributed by atoms with Crippen molar-refractivity contribution in [1.29, 1.82) is 0 Å². The molecule has 8 unspecified atom stereocenters. The number of aliphatic carboxylic acids is 1. The molecule has 2 aromatic rings. The van der Waals surface area contributed by atoms with Crippen LogP contribution in [0.25, 0.3) is 11.6 Å². The summed E-state index contributed by atoms with van der Waals surface area (Å²) in [6.07, 6.45) is 11.0. The van der Waals surface area contributed by atoms with Gasteiger partial charge in [-0.05, 0) is 123 Å². The molecule has 0 saturated heterocycles. The minimum absolute atomic E-state index is 0.0823. The third kappa shape index (κ3) is 5.12. The minimum Gasteiger partial charge on any atom is -0.481 e. The molecular weight excluding hydrogens is 632 g/mol. The van der Waals surface area contributed by atoms with Crippen molar-refractivity contribution < 1.29 is 28.6 Å². The van der Waals surface area contributed by atoms with E-state index in [-0.39, 0.29) is 46.4 Å². The molecule has 1 N–H and O–H groups in total. The molecule has 10 heteroatoms. The lowest BCUT2D eigenvalue weighted by Gasteiger charge is -2.68. The van der Waals surface area contributed by atoms with Crippen LogP contribution in [0.4, 0.5) is 0 Å². The van der Waals surface area contributed by atoms with E-state index in [2.05, 4.69) is 61.7 Å². The van der Waals surface area contributed by atoms with Gasteiger partial charge in [-0.15, -0.1) is 10.2 Å². The number of carbonyl (C=O) groups excluding carboxylic acids is 2. The average Bonchev–Trinajstić information content (AvgIpc) is 3.66. The topological polar surface area (TPSA) is 145 Å². The number of Topliss-reactive ketones (excluding diaryl/α,β-unsaturated/α-hetero) is 1. The molecule has 0 aliphatic heterocycles. The molecule has 2 heterocycles. The minimum atomic E-state index is -1.16. The Balaban J connectivity index is 1.18. The maximum absolute atomic E-state index is 14.0.